The summed E-state index contributed by atoms with van der Waals surface area (Å²) in [6.45, 7) is 2.00. The molecule has 1 N–H and O–H groups in total. The standard InChI is InChI=1S/C24H20N4O2S/c1-17-8-7-9-18(14-17)15-25-27-22(29)16-31-24-26-21-13-6-5-12-20(21)23(30)28(24)19-10-3-2-4-11-19/h2-15H,16H2,1H3,(H,27,29)/b25-15-. The molecule has 0 aliphatic rings. The number of thioether (sulfide) groups is 1. The van der Waals surface area contributed by atoms with Gasteiger partial charge in [0.05, 0.1) is 28.6 Å². The second-order valence-corrected chi connectivity index (χ2v) is 7.83. The molecule has 0 unspecified atom stereocenters. The molecule has 0 aliphatic heterocycles. The predicted octanol–water partition coefficient (Wildman–Crippen LogP) is 3.94. The van der Waals surface area contributed by atoms with E-state index in [1.54, 1.807) is 18.3 Å². The van der Waals surface area contributed by atoms with Crippen LogP contribution in [-0.4, -0.2) is 27.4 Å². The Morgan fingerprint density at radius 1 is 1.06 bits per heavy atom. The van der Waals surface area contributed by atoms with Crippen molar-refractivity contribution in [2.45, 2.75) is 12.1 Å². The van der Waals surface area contributed by atoms with Gasteiger partial charge in [-0.3, -0.25) is 14.2 Å². The maximum absolute atomic E-state index is 13.1. The van der Waals surface area contributed by atoms with Gasteiger partial charge in [0.15, 0.2) is 5.16 Å². The molecule has 0 atom stereocenters. The predicted molar refractivity (Wildman–Crippen MR) is 125 cm³/mol. The van der Waals surface area contributed by atoms with Gasteiger partial charge in [0.1, 0.15) is 0 Å². The Bertz CT molecular complexity index is 1320. The molecule has 6 nitrogen and oxygen atoms in total. The van der Waals surface area contributed by atoms with Crippen molar-refractivity contribution in [3.8, 4) is 5.69 Å². The number of para-hydroxylation sites is 2. The summed E-state index contributed by atoms with van der Waals surface area (Å²) >= 11 is 1.19. The summed E-state index contributed by atoms with van der Waals surface area (Å²) in [5.74, 6) is -0.209. The lowest BCUT2D eigenvalue weighted by molar-refractivity contribution is -0.118. The van der Waals surface area contributed by atoms with Crippen LogP contribution in [0.4, 0.5) is 0 Å². The highest BCUT2D eigenvalue weighted by Gasteiger charge is 2.14. The van der Waals surface area contributed by atoms with E-state index in [-0.39, 0.29) is 17.2 Å². The minimum atomic E-state index is -0.282. The monoisotopic (exact) mass is 428 g/mol. The van der Waals surface area contributed by atoms with Crippen LogP contribution in [0.5, 0.6) is 0 Å². The molecule has 1 amide bonds. The highest BCUT2D eigenvalue weighted by atomic mass is 32.2. The number of nitrogens with zero attached hydrogens (tertiary/aromatic N) is 3. The molecule has 31 heavy (non-hydrogen) atoms. The summed E-state index contributed by atoms with van der Waals surface area (Å²) in [6, 6.07) is 24.3. The van der Waals surface area contributed by atoms with Crippen molar-refractivity contribution in [1.29, 1.82) is 0 Å². The molecule has 0 spiro atoms. The van der Waals surface area contributed by atoms with E-state index in [1.807, 2.05) is 73.7 Å². The Labute approximate surface area is 183 Å². The number of aromatic nitrogens is 2. The Morgan fingerprint density at radius 2 is 1.84 bits per heavy atom. The number of carbonyl (C=O) groups is 1. The largest absolute Gasteiger partial charge is 0.272 e. The quantitative estimate of drug-likeness (QED) is 0.218. The summed E-state index contributed by atoms with van der Waals surface area (Å²) in [5, 5.41) is 5.00. The molecule has 0 bridgehead atoms. The number of nitrogens with one attached hydrogen (secondary N) is 1. The third-order valence-corrected chi connectivity index (χ3v) is 5.48. The van der Waals surface area contributed by atoms with Gasteiger partial charge in [-0.25, -0.2) is 10.4 Å². The number of carbonyl (C=O) groups excluding carboxylic acids is 1. The number of fused-ring (bicyclic) bond motifs is 1. The smallest absolute Gasteiger partial charge is 0.266 e. The van der Waals surface area contributed by atoms with Gasteiger partial charge in [-0.05, 0) is 36.8 Å². The first-order chi connectivity index (χ1) is 15.1. The number of rotatable bonds is 6. The molecule has 1 heterocycles. The number of aryl methyl sites for hydroxylation is 1. The second-order valence-electron chi connectivity index (χ2n) is 6.88. The van der Waals surface area contributed by atoms with Crippen LogP contribution < -0.4 is 11.0 Å². The number of hydrazone groups is 1. The second kappa shape index (κ2) is 9.40. The first-order valence-electron chi connectivity index (χ1n) is 9.70. The van der Waals surface area contributed by atoms with Crippen molar-refractivity contribution < 1.29 is 4.79 Å². The highest BCUT2D eigenvalue weighted by molar-refractivity contribution is 7.99. The average molecular weight is 429 g/mol. The van der Waals surface area contributed by atoms with E-state index in [2.05, 4.69) is 15.5 Å². The molecule has 0 fully saturated rings. The zero-order valence-corrected chi connectivity index (χ0v) is 17.7. The first-order valence-corrected chi connectivity index (χ1v) is 10.7. The van der Waals surface area contributed by atoms with Gasteiger partial charge in [-0.15, -0.1) is 0 Å². The van der Waals surface area contributed by atoms with Crippen LogP contribution in [0.3, 0.4) is 0 Å². The van der Waals surface area contributed by atoms with Crippen LogP contribution in [0.1, 0.15) is 11.1 Å². The summed E-state index contributed by atoms with van der Waals surface area (Å²) < 4.78 is 1.54. The van der Waals surface area contributed by atoms with Crippen LogP contribution in [-0.2, 0) is 4.79 Å². The SMILES string of the molecule is Cc1cccc(/C=N\NC(=O)CSc2nc3ccccc3c(=O)n2-c2ccccc2)c1. The molecule has 0 saturated heterocycles. The lowest BCUT2D eigenvalue weighted by Gasteiger charge is -2.12. The van der Waals surface area contributed by atoms with E-state index in [0.717, 1.165) is 11.1 Å². The van der Waals surface area contributed by atoms with E-state index in [9.17, 15) is 9.59 Å². The van der Waals surface area contributed by atoms with Gasteiger partial charge in [-0.2, -0.15) is 5.10 Å². The molecule has 4 rings (SSSR count). The summed E-state index contributed by atoms with van der Waals surface area (Å²) in [6.07, 6.45) is 1.60. The molecule has 3 aromatic carbocycles. The van der Waals surface area contributed by atoms with Crippen molar-refractivity contribution in [1.82, 2.24) is 15.0 Å². The van der Waals surface area contributed by atoms with Crippen LogP contribution in [0.25, 0.3) is 16.6 Å². The Hall–Kier alpha value is -3.71. The average Bonchev–Trinajstić information content (AvgIpc) is 2.78. The molecular formula is C24H20N4O2S. The minimum absolute atomic E-state index is 0.0722. The van der Waals surface area contributed by atoms with Gasteiger partial charge in [0.2, 0.25) is 0 Å². The van der Waals surface area contributed by atoms with E-state index in [4.69, 9.17) is 0 Å². The van der Waals surface area contributed by atoms with Crippen molar-refractivity contribution in [3.63, 3.8) is 0 Å². The maximum atomic E-state index is 13.1. The van der Waals surface area contributed by atoms with Gasteiger partial charge in [-0.1, -0.05) is 71.9 Å². The number of amides is 1. The number of hydrogen-bond acceptors (Lipinski definition) is 5. The number of benzene rings is 3. The molecule has 154 valence electrons. The van der Waals surface area contributed by atoms with Crippen molar-refractivity contribution in [2.75, 3.05) is 5.75 Å². The van der Waals surface area contributed by atoms with Gasteiger partial charge >= 0.3 is 0 Å². The summed E-state index contributed by atoms with van der Waals surface area (Å²) in [4.78, 5) is 30.1. The van der Waals surface area contributed by atoms with Crippen molar-refractivity contribution in [3.05, 3.63) is 100 Å². The molecule has 0 aliphatic carbocycles. The van der Waals surface area contributed by atoms with Crippen LogP contribution in [0, 0.1) is 6.92 Å². The van der Waals surface area contributed by atoms with E-state index in [1.165, 1.54) is 16.3 Å². The molecule has 7 heteroatoms. The highest BCUT2D eigenvalue weighted by Crippen LogP contribution is 2.21. The first kappa shape index (κ1) is 20.6. The number of hydrogen-bond donors (Lipinski definition) is 1. The zero-order valence-electron chi connectivity index (χ0n) is 16.9. The van der Waals surface area contributed by atoms with E-state index < -0.39 is 0 Å². The third kappa shape index (κ3) is 4.90. The molecular weight excluding hydrogens is 408 g/mol. The van der Waals surface area contributed by atoms with Crippen molar-refractivity contribution in [2.24, 2.45) is 5.10 Å². The fourth-order valence-electron chi connectivity index (χ4n) is 3.11. The Morgan fingerprint density at radius 3 is 2.65 bits per heavy atom. The molecule has 0 radical (unpaired) electrons. The summed E-state index contributed by atoms with van der Waals surface area (Å²) in [7, 11) is 0. The molecule has 0 saturated carbocycles. The Kier molecular flexibility index (Phi) is 6.24. The lowest BCUT2D eigenvalue weighted by atomic mass is 10.2. The fourth-order valence-corrected chi connectivity index (χ4v) is 3.91. The van der Waals surface area contributed by atoms with Crippen LogP contribution in [0.15, 0.2) is 93.9 Å². The van der Waals surface area contributed by atoms with Gasteiger partial charge in [0, 0.05) is 0 Å². The van der Waals surface area contributed by atoms with Crippen LogP contribution >= 0.6 is 11.8 Å². The molecule has 4 aromatic rings. The van der Waals surface area contributed by atoms with Gasteiger partial charge < -0.3 is 0 Å². The lowest BCUT2D eigenvalue weighted by Crippen LogP contribution is -2.24. The zero-order chi connectivity index (χ0) is 21.6. The maximum Gasteiger partial charge on any atom is 0.266 e. The fraction of sp³-hybridized carbons (Fsp3) is 0.0833. The van der Waals surface area contributed by atoms with E-state index >= 15 is 0 Å². The topological polar surface area (TPSA) is 76.3 Å². The third-order valence-electron chi connectivity index (χ3n) is 4.54. The van der Waals surface area contributed by atoms with Crippen LogP contribution in [0.2, 0.25) is 0 Å². The normalized spacial score (nSPS) is 11.1. The minimum Gasteiger partial charge on any atom is -0.272 e. The van der Waals surface area contributed by atoms with Gasteiger partial charge in [0.25, 0.3) is 11.5 Å². The summed E-state index contributed by atoms with van der Waals surface area (Å²) in [5.41, 5.74) is 5.68. The van der Waals surface area contributed by atoms with E-state index in [0.29, 0.717) is 21.7 Å². The molecule has 1 aromatic heterocycles. The Balaban J connectivity index is 1.55. The van der Waals surface area contributed by atoms with Crippen molar-refractivity contribution >= 4 is 34.8 Å².